The zero-order valence-corrected chi connectivity index (χ0v) is 22.5. The van der Waals surface area contributed by atoms with Gasteiger partial charge in [-0.2, -0.15) is 5.10 Å². The number of aromatic nitrogens is 2. The van der Waals surface area contributed by atoms with Crippen LogP contribution in [0.3, 0.4) is 0 Å². The van der Waals surface area contributed by atoms with Crippen molar-refractivity contribution in [2.45, 2.75) is 6.92 Å². The first-order chi connectivity index (χ1) is 18.8. The zero-order valence-electron chi connectivity index (χ0n) is 20.2. The van der Waals surface area contributed by atoms with Crippen LogP contribution in [0.1, 0.15) is 22.8 Å². The number of nitrogens with one attached hydrogen (secondary N) is 2. The van der Waals surface area contributed by atoms with Crippen LogP contribution in [0.25, 0.3) is 10.6 Å². The Morgan fingerprint density at radius 2 is 1.77 bits per heavy atom. The lowest BCUT2D eigenvalue weighted by atomic mass is 10.2. The smallest absolute Gasteiger partial charge is 0.345 e. The van der Waals surface area contributed by atoms with Crippen LogP contribution in [0.5, 0.6) is 11.5 Å². The Morgan fingerprint density at radius 1 is 0.974 bits per heavy atom. The SMILES string of the molecule is CCOc1cc(C=NNC(=O)C(=O)Nc2nnc(-c3ccccc3)s2)ccc1OC(=O)c1ccc(Cl)cc1Cl. The van der Waals surface area contributed by atoms with E-state index >= 15 is 0 Å². The first-order valence-electron chi connectivity index (χ1n) is 11.3. The summed E-state index contributed by atoms with van der Waals surface area (Å²) >= 11 is 13.1. The molecule has 198 valence electrons. The number of anilines is 1. The molecule has 0 radical (unpaired) electrons. The third-order valence-corrected chi connectivity index (χ3v) is 6.31. The van der Waals surface area contributed by atoms with Crippen LogP contribution in [0.15, 0.2) is 71.8 Å². The Balaban J connectivity index is 1.36. The molecule has 1 aromatic heterocycles. The molecule has 2 N–H and O–H groups in total. The summed E-state index contributed by atoms with van der Waals surface area (Å²) in [5, 5.41) is 15.4. The molecular weight excluding hydrogens is 565 g/mol. The van der Waals surface area contributed by atoms with Gasteiger partial charge in [0.25, 0.3) is 0 Å². The molecule has 0 spiro atoms. The molecule has 0 aliphatic rings. The van der Waals surface area contributed by atoms with Crippen LogP contribution < -0.4 is 20.2 Å². The number of hydrogen-bond acceptors (Lipinski definition) is 9. The van der Waals surface area contributed by atoms with Crippen molar-refractivity contribution >= 4 is 63.7 Å². The lowest BCUT2D eigenvalue weighted by Crippen LogP contribution is -2.32. The summed E-state index contributed by atoms with van der Waals surface area (Å²) in [6.07, 6.45) is 1.30. The van der Waals surface area contributed by atoms with Gasteiger partial charge in [-0.05, 0) is 48.9 Å². The highest BCUT2D eigenvalue weighted by Gasteiger charge is 2.18. The Labute approximate surface area is 236 Å². The van der Waals surface area contributed by atoms with E-state index in [4.69, 9.17) is 32.7 Å². The van der Waals surface area contributed by atoms with Crippen LogP contribution in [-0.2, 0) is 9.59 Å². The molecule has 4 rings (SSSR count). The number of hydrogen-bond donors (Lipinski definition) is 2. The van der Waals surface area contributed by atoms with E-state index in [1.54, 1.807) is 19.1 Å². The quantitative estimate of drug-likeness (QED) is 0.0955. The Hall–Kier alpha value is -4.32. The molecule has 39 heavy (non-hydrogen) atoms. The van der Waals surface area contributed by atoms with Crippen molar-refractivity contribution in [1.29, 1.82) is 0 Å². The van der Waals surface area contributed by atoms with Crippen molar-refractivity contribution in [3.05, 3.63) is 87.9 Å². The van der Waals surface area contributed by atoms with Crippen LogP contribution in [-0.4, -0.2) is 40.8 Å². The molecule has 0 unspecified atom stereocenters. The number of amides is 2. The number of carbonyl (C=O) groups is 3. The zero-order chi connectivity index (χ0) is 27.8. The fraction of sp³-hybridized carbons (Fsp3) is 0.0769. The molecular formula is C26H19Cl2N5O5S. The monoisotopic (exact) mass is 583 g/mol. The van der Waals surface area contributed by atoms with Crippen molar-refractivity contribution in [1.82, 2.24) is 15.6 Å². The van der Waals surface area contributed by atoms with E-state index in [0.29, 0.717) is 22.2 Å². The van der Waals surface area contributed by atoms with Gasteiger partial charge in [0.05, 0.1) is 23.4 Å². The predicted molar refractivity (Wildman–Crippen MR) is 149 cm³/mol. The maximum absolute atomic E-state index is 12.6. The third kappa shape index (κ3) is 7.38. The second-order valence-electron chi connectivity index (χ2n) is 7.58. The van der Waals surface area contributed by atoms with E-state index in [1.165, 1.54) is 30.5 Å². The molecule has 0 fully saturated rings. The minimum Gasteiger partial charge on any atom is -0.490 e. The second-order valence-corrected chi connectivity index (χ2v) is 9.41. The van der Waals surface area contributed by atoms with Gasteiger partial charge < -0.3 is 9.47 Å². The Morgan fingerprint density at radius 3 is 2.51 bits per heavy atom. The number of nitrogens with zero attached hydrogens (tertiary/aromatic N) is 3. The molecule has 0 saturated heterocycles. The molecule has 4 aromatic rings. The minimum atomic E-state index is -1.00. The number of benzene rings is 3. The van der Waals surface area contributed by atoms with Crippen molar-refractivity contribution in [2.75, 3.05) is 11.9 Å². The van der Waals surface area contributed by atoms with Crippen LogP contribution >= 0.6 is 34.5 Å². The first kappa shape index (κ1) is 27.7. The van der Waals surface area contributed by atoms with Gasteiger partial charge in [-0.3, -0.25) is 14.9 Å². The van der Waals surface area contributed by atoms with Gasteiger partial charge in [0.1, 0.15) is 5.01 Å². The molecule has 10 nitrogen and oxygen atoms in total. The van der Waals surface area contributed by atoms with E-state index < -0.39 is 17.8 Å². The van der Waals surface area contributed by atoms with Crippen molar-refractivity contribution < 1.29 is 23.9 Å². The van der Waals surface area contributed by atoms with Crippen molar-refractivity contribution in [2.24, 2.45) is 5.10 Å². The van der Waals surface area contributed by atoms with E-state index in [2.05, 4.69) is 26.0 Å². The number of esters is 1. The molecule has 0 aliphatic heterocycles. The van der Waals surface area contributed by atoms with Crippen molar-refractivity contribution in [3.8, 4) is 22.1 Å². The largest absolute Gasteiger partial charge is 0.490 e. The molecule has 0 atom stereocenters. The Kier molecular flexibility index (Phi) is 9.21. The highest BCUT2D eigenvalue weighted by molar-refractivity contribution is 7.18. The van der Waals surface area contributed by atoms with Crippen LogP contribution in [0.2, 0.25) is 10.0 Å². The standard InChI is InChI=1S/C26H19Cl2N5O5S/c1-2-37-21-12-15(8-11-20(21)38-25(36)18-10-9-17(27)13-19(18)28)14-29-31-23(35)22(34)30-26-33-32-24(39-26)16-6-4-3-5-7-16/h3-14H,2H2,1H3,(H,31,35)(H,30,33,34). The average Bonchev–Trinajstić information content (AvgIpc) is 3.39. The summed E-state index contributed by atoms with van der Waals surface area (Å²) in [4.78, 5) is 36.9. The highest BCUT2D eigenvalue weighted by Crippen LogP contribution is 2.30. The van der Waals surface area contributed by atoms with Crippen LogP contribution in [0, 0.1) is 0 Å². The fourth-order valence-electron chi connectivity index (χ4n) is 3.11. The number of rotatable bonds is 8. The second kappa shape index (κ2) is 13.0. The number of ether oxygens (including phenoxy) is 2. The Bertz CT molecular complexity index is 1540. The molecule has 0 aliphatic carbocycles. The highest BCUT2D eigenvalue weighted by atomic mass is 35.5. The van der Waals surface area contributed by atoms with Gasteiger partial charge in [-0.1, -0.05) is 64.9 Å². The maximum atomic E-state index is 12.6. The molecule has 1 heterocycles. The van der Waals surface area contributed by atoms with Crippen LogP contribution in [0.4, 0.5) is 5.13 Å². The summed E-state index contributed by atoms with van der Waals surface area (Å²) < 4.78 is 11.0. The van der Waals surface area contributed by atoms with E-state index in [-0.39, 0.29) is 27.2 Å². The normalized spacial score (nSPS) is 10.7. The fourth-order valence-corrected chi connectivity index (χ4v) is 4.34. The average molecular weight is 584 g/mol. The summed E-state index contributed by atoms with van der Waals surface area (Å²) in [6.45, 7) is 2.06. The summed E-state index contributed by atoms with van der Waals surface area (Å²) in [7, 11) is 0. The molecule has 0 saturated carbocycles. The summed E-state index contributed by atoms with van der Waals surface area (Å²) in [5.74, 6) is -2.24. The first-order valence-corrected chi connectivity index (χ1v) is 12.9. The van der Waals surface area contributed by atoms with Gasteiger partial charge >= 0.3 is 17.8 Å². The number of hydrazone groups is 1. The lowest BCUT2D eigenvalue weighted by Gasteiger charge is -2.12. The minimum absolute atomic E-state index is 0.139. The van der Waals surface area contributed by atoms with Gasteiger partial charge in [0.2, 0.25) is 5.13 Å². The van der Waals surface area contributed by atoms with Crippen molar-refractivity contribution in [3.63, 3.8) is 0 Å². The predicted octanol–water partition coefficient (Wildman–Crippen LogP) is 5.22. The number of halogens is 2. The van der Waals surface area contributed by atoms with Gasteiger partial charge in [-0.15, -0.1) is 10.2 Å². The molecule has 2 amide bonds. The number of carbonyl (C=O) groups excluding carboxylic acids is 3. The summed E-state index contributed by atoms with van der Waals surface area (Å²) in [6, 6.07) is 18.4. The van der Waals surface area contributed by atoms with Gasteiger partial charge in [0.15, 0.2) is 11.5 Å². The molecule has 3 aromatic carbocycles. The maximum Gasteiger partial charge on any atom is 0.345 e. The third-order valence-electron chi connectivity index (χ3n) is 4.87. The summed E-state index contributed by atoms with van der Waals surface area (Å²) in [5.41, 5.74) is 3.62. The van der Waals surface area contributed by atoms with E-state index in [9.17, 15) is 14.4 Å². The van der Waals surface area contributed by atoms with E-state index in [0.717, 1.165) is 16.9 Å². The van der Waals surface area contributed by atoms with Gasteiger partial charge in [-0.25, -0.2) is 10.2 Å². The molecule has 13 heteroatoms. The topological polar surface area (TPSA) is 132 Å². The van der Waals surface area contributed by atoms with E-state index in [1.807, 2.05) is 30.3 Å². The lowest BCUT2D eigenvalue weighted by molar-refractivity contribution is -0.136. The van der Waals surface area contributed by atoms with Gasteiger partial charge in [0, 0.05) is 10.6 Å². The molecule has 0 bridgehead atoms.